The molecule has 0 saturated carbocycles. The van der Waals surface area contributed by atoms with Gasteiger partial charge in [0.15, 0.2) is 0 Å². The maximum absolute atomic E-state index is 12.6. The fourth-order valence-electron chi connectivity index (χ4n) is 5.50. The van der Waals surface area contributed by atoms with Gasteiger partial charge in [-0.3, -0.25) is 9.69 Å². The highest BCUT2D eigenvalue weighted by atomic mass is 32.2. The Morgan fingerprint density at radius 1 is 1.15 bits per heavy atom. The monoisotopic (exact) mass is 386 g/mol. The Morgan fingerprint density at radius 3 is 2.63 bits per heavy atom. The minimum absolute atomic E-state index is 0.270. The molecule has 0 aliphatic carbocycles. The molecule has 148 valence electrons. The molecular weight excluding hydrogens is 352 g/mol. The Bertz CT molecular complexity index is 650. The summed E-state index contributed by atoms with van der Waals surface area (Å²) in [5.74, 6) is 2.33. The lowest BCUT2D eigenvalue weighted by atomic mass is 9.86. The summed E-state index contributed by atoms with van der Waals surface area (Å²) in [6.07, 6.45) is 9.76. The standard InChI is InChI=1S/C23H34N2OS/c1-3-4-7-18-12-19-10-11-20(13-18)24(19)14-17(2)15-25-21-8-5-6-9-22(21)27-16-23(25)26/h5-6,8-9,17-20H,3-4,7,10-16H2,1-2H3/t17?,18?,19-,20+. The summed E-state index contributed by atoms with van der Waals surface area (Å²) in [5, 5.41) is 0. The first kappa shape index (κ1) is 19.3. The highest BCUT2D eigenvalue weighted by Crippen LogP contribution is 2.41. The highest BCUT2D eigenvalue weighted by molar-refractivity contribution is 8.00. The van der Waals surface area contributed by atoms with E-state index in [9.17, 15) is 4.79 Å². The summed E-state index contributed by atoms with van der Waals surface area (Å²) in [5.41, 5.74) is 1.12. The van der Waals surface area contributed by atoms with Crippen LogP contribution >= 0.6 is 11.8 Å². The van der Waals surface area contributed by atoms with E-state index in [1.807, 2.05) is 4.90 Å². The van der Waals surface area contributed by atoms with Crippen LogP contribution in [0.5, 0.6) is 0 Å². The predicted octanol–water partition coefficient (Wildman–Crippen LogP) is 5.19. The van der Waals surface area contributed by atoms with E-state index in [2.05, 4.69) is 43.0 Å². The van der Waals surface area contributed by atoms with Gasteiger partial charge in [-0.1, -0.05) is 45.2 Å². The van der Waals surface area contributed by atoms with Gasteiger partial charge in [-0.15, -0.1) is 11.8 Å². The van der Waals surface area contributed by atoms with Gasteiger partial charge in [-0.05, 0) is 49.7 Å². The first-order chi connectivity index (χ1) is 13.2. The van der Waals surface area contributed by atoms with Crippen molar-refractivity contribution in [3.8, 4) is 0 Å². The maximum Gasteiger partial charge on any atom is 0.237 e. The lowest BCUT2D eigenvalue weighted by molar-refractivity contribution is -0.116. The quantitative estimate of drug-likeness (QED) is 0.644. The second-order valence-electron chi connectivity index (χ2n) is 8.93. The highest BCUT2D eigenvalue weighted by Gasteiger charge is 2.40. The van der Waals surface area contributed by atoms with Gasteiger partial charge in [0, 0.05) is 30.1 Å². The minimum Gasteiger partial charge on any atom is -0.310 e. The molecule has 1 aromatic carbocycles. The number of fused-ring (bicyclic) bond motifs is 3. The minimum atomic E-state index is 0.270. The Hall–Kier alpha value is -1.00. The first-order valence-corrected chi connectivity index (χ1v) is 11.9. The van der Waals surface area contributed by atoms with Crippen LogP contribution in [-0.2, 0) is 4.79 Å². The number of para-hydroxylation sites is 1. The molecule has 27 heavy (non-hydrogen) atoms. The van der Waals surface area contributed by atoms with Crippen molar-refractivity contribution in [2.24, 2.45) is 11.8 Å². The van der Waals surface area contributed by atoms with Crippen molar-refractivity contribution in [2.75, 3.05) is 23.7 Å². The van der Waals surface area contributed by atoms with Gasteiger partial charge in [0.25, 0.3) is 0 Å². The summed E-state index contributed by atoms with van der Waals surface area (Å²) in [6, 6.07) is 9.97. The van der Waals surface area contributed by atoms with Gasteiger partial charge < -0.3 is 4.90 Å². The molecule has 3 aliphatic heterocycles. The SMILES string of the molecule is CCCCC1C[C@H]2CC[C@@H](C1)N2CC(C)CN1C(=O)CSc2ccccc21. The second kappa shape index (κ2) is 8.57. The van der Waals surface area contributed by atoms with Crippen LogP contribution < -0.4 is 4.90 Å². The van der Waals surface area contributed by atoms with E-state index in [4.69, 9.17) is 0 Å². The number of unbranched alkanes of at least 4 members (excludes halogenated alkanes) is 1. The average Bonchev–Trinajstić information content (AvgIpc) is 2.90. The lowest BCUT2D eigenvalue weighted by Gasteiger charge is -2.41. The number of rotatable bonds is 7. The smallest absolute Gasteiger partial charge is 0.237 e. The summed E-state index contributed by atoms with van der Waals surface area (Å²) < 4.78 is 0. The number of benzene rings is 1. The van der Waals surface area contributed by atoms with Gasteiger partial charge in [-0.2, -0.15) is 0 Å². The van der Waals surface area contributed by atoms with Crippen molar-refractivity contribution >= 4 is 23.4 Å². The second-order valence-corrected chi connectivity index (χ2v) is 9.94. The molecule has 2 fully saturated rings. The molecule has 1 amide bonds. The van der Waals surface area contributed by atoms with Crippen LogP contribution in [0.1, 0.15) is 58.8 Å². The number of carbonyl (C=O) groups is 1. The number of anilines is 1. The largest absolute Gasteiger partial charge is 0.310 e. The fourth-order valence-corrected chi connectivity index (χ4v) is 6.43. The Labute approximate surface area is 168 Å². The first-order valence-electron chi connectivity index (χ1n) is 10.9. The molecule has 3 nitrogen and oxygen atoms in total. The number of amides is 1. The summed E-state index contributed by atoms with van der Waals surface area (Å²) in [6.45, 7) is 6.64. The van der Waals surface area contributed by atoms with Gasteiger partial charge in [0.05, 0.1) is 11.4 Å². The topological polar surface area (TPSA) is 23.6 Å². The Kier molecular flexibility index (Phi) is 6.13. The summed E-state index contributed by atoms with van der Waals surface area (Å²) >= 11 is 1.68. The molecule has 2 bridgehead atoms. The van der Waals surface area contributed by atoms with E-state index in [1.165, 1.54) is 49.8 Å². The molecule has 2 unspecified atom stereocenters. The number of carbonyl (C=O) groups excluding carboxylic acids is 1. The molecule has 0 N–H and O–H groups in total. The van der Waals surface area contributed by atoms with Crippen molar-refractivity contribution in [1.82, 2.24) is 4.90 Å². The van der Waals surface area contributed by atoms with E-state index in [0.717, 1.165) is 36.8 Å². The van der Waals surface area contributed by atoms with Crippen LogP contribution in [-0.4, -0.2) is 41.7 Å². The molecule has 0 radical (unpaired) electrons. The number of hydrogen-bond acceptors (Lipinski definition) is 3. The zero-order valence-electron chi connectivity index (χ0n) is 16.9. The molecule has 4 atom stereocenters. The van der Waals surface area contributed by atoms with Crippen LogP contribution in [0.3, 0.4) is 0 Å². The van der Waals surface area contributed by atoms with Crippen molar-refractivity contribution < 1.29 is 4.79 Å². The number of thioether (sulfide) groups is 1. The lowest BCUT2D eigenvalue weighted by Crippen LogP contribution is -2.47. The van der Waals surface area contributed by atoms with Crippen LogP contribution in [0.4, 0.5) is 5.69 Å². The maximum atomic E-state index is 12.6. The molecule has 3 heterocycles. The van der Waals surface area contributed by atoms with E-state index in [1.54, 1.807) is 11.8 Å². The average molecular weight is 387 g/mol. The molecule has 3 aliphatic rings. The molecule has 1 aromatic rings. The van der Waals surface area contributed by atoms with Crippen molar-refractivity contribution in [1.29, 1.82) is 0 Å². The fraction of sp³-hybridized carbons (Fsp3) is 0.696. The third-order valence-electron chi connectivity index (χ3n) is 6.77. The van der Waals surface area contributed by atoms with Gasteiger partial charge >= 0.3 is 0 Å². The number of nitrogens with zero attached hydrogens (tertiary/aromatic N) is 2. The van der Waals surface area contributed by atoms with E-state index in [0.29, 0.717) is 11.7 Å². The van der Waals surface area contributed by atoms with E-state index >= 15 is 0 Å². The Morgan fingerprint density at radius 2 is 1.89 bits per heavy atom. The van der Waals surface area contributed by atoms with Crippen LogP contribution in [0.2, 0.25) is 0 Å². The predicted molar refractivity (Wildman–Crippen MR) is 114 cm³/mol. The molecule has 4 rings (SSSR count). The van der Waals surface area contributed by atoms with Crippen LogP contribution in [0.25, 0.3) is 0 Å². The zero-order chi connectivity index (χ0) is 18.8. The van der Waals surface area contributed by atoms with Gasteiger partial charge in [0.2, 0.25) is 5.91 Å². The summed E-state index contributed by atoms with van der Waals surface area (Å²) in [7, 11) is 0. The number of piperidine rings is 1. The van der Waals surface area contributed by atoms with Crippen LogP contribution in [0.15, 0.2) is 29.2 Å². The molecule has 2 saturated heterocycles. The number of hydrogen-bond donors (Lipinski definition) is 0. The van der Waals surface area contributed by atoms with Gasteiger partial charge in [-0.25, -0.2) is 0 Å². The zero-order valence-corrected chi connectivity index (χ0v) is 17.7. The van der Waals surface area contributed by atoms with E-state index < -0.39 is 0 Å². The van der Waals surface area contributed by atoms with Gasteiger partial charge in [0.1, 0.15) is 0 Å². The molecule has 0 aromatic heterocycles. The van der Waals surface area contributed by atoms with Crippen molar-refractivity contribution in [2.45, 2.75) is 75.8 Å². The van der Waals surface area contributed by atoms with E-state index in [-0.39, 0.29) is 5.91 Å². The molecular formula is C23H34N2OS. The van der Waals surface area contributed by atoms with Crippen LogP contribution in [0, 0.1) is 11.8 Å². The normalized spacial score (nSPS) is 29.0. The third kappa shape index (κ3) is 4.22. The summed E-state index contributed by atoms with van der Waals surface area (Å²) in [4.78, 5) is 18.7. The van der Waals surface area contributed by atoms with Crippen molar-refractivity contribution in [3.63, 3.8) is 0 Å². The Balaban J connectivity index is 1.36. The third-order valence-corrected chi connectivity index (χ3v) is 7.82. The van der Waals surface area contributed by atoms with Crippen molar-refractivity contribution in [3.05, 3.63) is 24.3 Å². The molecule has 4 heteroatoms. The molecule has 0 spiro atoms.